The molecule has 0 atom stereocenters. The van der Waals surface area contributed by atoms with Crippen molar-refractivity contribution in [2.24, 2.45) is 0 Å². The molecule has 0 spiro atoms. The van der Waals surface area contributed by atoms with Gasteiger partial charge >= 0.3 is 0 Å². The third-order valence-corrected chi connectivity index (χ3v) is 2.84. The Labute approximate surface area is 110 Å². The van der Waals surface area contributed by atoms with Crippen LogP contribution in [0, 0.1) is 6.92 Å². The fourth-order valence-corrected chi connectivity index (χ4v) is 1.75. The number of rotatable bonds is 5. The van der Waals surface area contributed by atoms with Crippen LogP contribution in [0.5, 0.6) is 5.75 Å². The quantitative estimate of drug-likeness (QED) is 0.753. The molecule has 0 saturated heterocycles. The average Bonchev–Trinajstić information content (AvgIpc) is 2.30. The molecular formula is C15H24O3. The number of aryl methyl sites for hydroxylation is 1. The minimum absolute atomic E-state index is 0.0526. The van der Waals surface area contributed by atoms with E-state index in [9.17, 15) is 0 Å². The van der Waals surface area contributed by atoms with Gasteiger partial charge in [0.15, 0.2) is 6.29 Å². The summed E-state index contributed by atoms with van der Waals surface area (Å²) in [5.74, 6) is 0.896. The molecular weight excluding hydrogens is 228 g/mol. The van der Waals surface area contributed by atoms with E-state index in [1.807, 2.05) is 6.07 Å². The van der Waals surface area contributed by atoms with Crippen LogP contribution < -0.4 is 4.74 Å². The second kappa shape index (κ2) is 6.21. The molecule has 1 rings (SSSR count). The summed E-state index contributed by atoms with van der Waals surface area (Å²) in [7, 11) is 3.22. The van der Waals surface area contributed by atoms with Gasteiger partial charge in [-0.05, 0) is 24.0 Å². The van der Waals surface area contributed by atoms with Crippen LogP contribution in [0.2, 0.25) is 0 Å². The third-order valence-electron chi connectivity index (χ3n) is 2.84. The largest absolute Gasteiger partial charge is 0.488 e. The molecule has 0 amide bonds. The van der Waals surface area contributed by atoms with Crippen LogP contribution in [0.4, 0.5) is 0 Å². The van der Waals surface area contributed by atoms with E-state index in [1.165, 1.54) is 11.1 Å². The molecule has 0 aliphatic rings. The van der Waals surface area contributed by atoms with Crippen LogP contribution in [-0.2, 0) is 14.9 Å². The van der Waals surface area contributed by atoms with Gasteiger partial charge < -0.3 is 14.2 Å². The standard InChI is InChI=1S/C15H24O3/c1-11-7-8-13(12(9-11)15(2,3)4)18-10-14(16-5)17-6/h7-9,14H,10H2,1-6H3. The Morgan fingerprint density at radius 2 is 1.72 bits per heavy atom. The lowest BCUT2D eigenvalue weighted by Crippen LogP contribution is -2.23. The van der Waals surface area contributed by atoms with Gasteiger partial charge in [-0.1, -0.05) is 38.5 Å². The van der Waals surface area contributed by atoms with Gasteiger partial charge in [-0.3, -0.25) is 0 Å². The van der Waals surface area contributed by atoms with E-state index in [-0.39, 0.29) is 11.7 Å². The van der Waals surface area contributed by atoms with Gasteiger partial charge in [0, 0.05) is 14.2 Å². The first-order chi connectivity index (χ1) is 8.38. The third kappa shape index (κ3) is 4.00. The Balaban J connectivity index is 2.88. The van der Waals surface area contributed by atoms with Gasteiger partial charge in [-0.2, -0.15) is 0 Å². The minimum atomic E-state index is -0.334. The Morgan fingerprint density at radius 1 is 1.11 bits per heavy atom. The van der Waals surface area contributed by atoms with Crippen molar-refractivity contribution >= 4 is 0 Å². The monoisotopic (exact) mass is 252 g/mol. The van der Waals surface area contributed by atoms with Crippen LogP contribution in [0.15, 0.2) is 18.2 Å². The first kappa shape index (κ1) is 15.0. The summed E-state index contributed by atoms with van der Waals surface area (Å²) in [6.07, 6.45) is -0.334. The predicted octanol–water partition coefficient (Wildman–Crippen LogP) is 3.29. The Bertz CT molecular complexity index is 376. The van der Waals surface area contributed by atoms with Crippen LogP contribution in [0.25, 0.3) is 0 Å². The van der Waals surface area contributed by atoms with Crippen LogP contribution in [-0.4, -0.2) is 27.1 Å². The van der Waals surface area contributed by atoms with Crippen molar-refractivity contribution < 1.29 is 14.2 Å². The van der Waals surface area contributed by atoms with Gasteiger partial charge in [0.2, 0.25) is 0 Å². The van der Waals surface area contributed by atoms with Gasteiger partial charge in [0.25, 0.3) is 0 Å². The lowest BCUT2D eigenvalue weighted by molar-refractivity contribution is -0.122. The van der Waals surface area contributed by atoms with Crippen LogP contribution >= 0.6 is 0 Å². The van der Waals surface area contributed by atoms with Gasteiger partial charge in [0.05, 0.1) is 0 Å². The van der Waals surface area contributed by atoms with Crippen molar-refractivity contribution in [2.45, 2.75) is 39.4 Å². The molecule has 0 aromatic heterocycles. The molecule has 3 heteroatoms. The normalized spacial score (nSPS) is 11.9. The highest BCUT2D eigenvalue weighted by Crippen LogP contribution is 2.32. The van der Waals surface area contributed by atoms with Crippen molar-refractivity contribution in [2.75, 3.05) is 20.8 Å². The maximum Gasteiger partial charge on any atom is 0.191 e. The zero-order valence-corrected chi connectivity index (χ0v) is 12.2. The fraction of sp³-hybridized carbons (Fsp3) is 0.600. The number of methoxy groups -OCH3 is 2. The number of hydrogen-bond acceptors (Lipinski definition) is 3. The smallest absolute Gasteiger partial charge is 0.191 e. The average molecular weight is 252 g/mol. The highest BCUT2D eigenvalue weighted by atomic mass is 16.7. The molecule has 0 fully saturated rings. The fourth-order valence-electron chi connectivity index (χ4n) is 1.75. The Hall–Kier alpha value is -1.06. The van der Waals surface area contributed by atoms with E-state index in [2.05, 4.69) is 39.8 Å². The molecule has 3 nitrogen and oxygen atoms in total. The number of ether oxygens (including phenoxy) is 3. The molecule has 0 saturated carbocycles. The van der Waals surface area contributed by atoms with E-state index in [0.29, 0.717) is 6.61 Å². The SMILES string of the molecule is COC(COc1ccc(C)cc1C(C)(C)C)OC. The van der Waals surface area contributed by atoms with Crippen molar-refractivity contribution in [1.82, 2.24) is 0 Å². The molecule has 102 valence electrons. The molecule has 0 aliphatic heterocycles. The van der Waals surface area contributed by atoms with Gasteiger partial charge in [-0.15, -0.1) is 0 Å². The van der Waals surface area contributed by atoms with Crippen molar-refractivity contribution in [1.29, 1.82) is 0 Å². The topological polar surface area (TPSA) is 27.7 Å². The highest BCUT2D eigenvalue weighted by Gasteiger charge is 2.19. The molecule has 0 aliphatic carbocycles. The predicted molar refractivity (Wildman–Crippen MR) is 73.2 cm³/mol. The first-order valence-electron chi connectivity index (χ1n) is 6.18. The zero-order chi connectivity index (χ0) is 13.8. The summed E-state index contributed by atoms with van der Waals surface area (Å²) < 4.78 is 16.1. The molecule has 0 heterocycles. The summed E-state index contributed by atoms with van der Waals surface area (Å²) in [6, 6.07) is 6.24. The molecule has 1 aromatic carbocycles. The first-order valence-corrected chi connectivity index (χ1v) is 6.18. The van der Waals surface area contributed by atoms with Crippen molar-refractivity contribution in [3.05, 3.63) is 29.3 Å². The molecule has 0 unspecified atom stereocenters. The van der Waals surface area contributed by atoms with Crippen LogP contribution in [0.1, 0.15) is 31.9 Å². The van der Waals surface area contributed by atoms with E-state index in [1.54, 1.807) is 14.2 Å². The maximum atomic E-state index is 5.81. The Morgan fingerprint density at radius 3 is 2.22 bits per heavy atom. The van der Waals surface area contributed by atoms with Gasteiger partial charge in [-0.25, -0.2) is 0 Å². The molecule has 18 heavy (non-hydrogen) atoms. The summed E-state index contributed by atoms with van der Waals surface area (Å²) in [5, 5.41) is 0. The molecule has 0 bridgehead atoms. The van der Waals surface area contributed by atoms with Crippen molar-refractivity contribution in [3.63, 3.8) is 0 Å². The lowest BCUT2D eigenvalue weighted by atomic mass is 9.85. The van der Waals surface area contributed by atoms with E-state index in [0.717, 1.165) is 5.75 Å². The van der Waals surface area contributed by atoms with Gasteiger partial charge in [0.1, 0.15) is 12.4 Å². The molecule has 0 radical (unpaired) electrons. The van der Waals surface area contributed by atoms with E-state index >= 15 is 0 Å². The summed E-state index contributed by atoms with van der Waals surface area (Å²) in [4.78, 5) is 0. The van der Waals surface area contributed by atoms with Crippen molar-refractivity contribution in [3.8, 4) is 5.75 Å². The number of benzene rings is 1. The minimum Gasteiger partial charge on any atom is -0.488 e. The summed E-state index contributed by atoms with van der Waals surface area (Å²) >= 11 is 0. The zero-order valence-electron chi connectivity index (χ0n) is 12.2. The Kier molecular flexibility index (Phi) is 5.17. The molecule has 1 aromatic rings. The lowest BCUT2D eigenvalue weighted by Gasteiger charge is -2.24. The summed E-state index contributed by atoms with van der Waals surface area (Å²) in [6.45, 7) is 9.02. The van der Waals surface area contributed by atoms with E-state index < -0.39 is 0 Å². The second-order valence-electron chi connectivity index (χ2n) is 5.46. The maximum absolute atomic E-state index is 5.81. The highest BCUT2D eigenvalue weighted by molar-refractivity contribution is 5.41. The van der Waals surface area contributed by atoms with E-state index in [4.69, 9.17) is 14.2 Å². The molecule has 0 N–H and O–H groups in total. The summed E-state index contributed by atoms with van der Waals surface area (Å²) in [5.41, 5.74) is 2.49. The van der Waals surface area contributed by atoms with Crippen LogP contribution in [0.3, 0.4) is 0 Å². The second-order valence-corrected chi connectivity index (χ2v) is 5.46. The number of hydrogen-bond donors (Lipinski definition) is 0.